The predicted molar refractivity (Wildman–Crippen MR) is 107 cm³/mol. The minimum absolute atomic E-state index is 0.349. The highest BCUT2D eigenvalue weighted by Crippen LogP contribution is 2.50. The van der Waals surface area contributed by atoms with Crippen molar-refractivity contribution >= 4 is 0 Å². The smallest absolute Gasteiger partial charge is 0.124 e. The van der Waals surface area contributed by atoms with Crippen LogP contribution in [-0.4, -0.2) is 5.11 Å². The molecule has 0 radical (unpaired) electrons. The first-order valence-electron chi connectivity index (χ1n) is 8.91. The Bertz CT molecular complexity index is 1090. The summed E-state index contributed by atoms with van der Waals surface area (Å²) in [6.07, 6.45) is 0.869. The Morgan fingerprint density at radius 1 is 0.538 bits per heavy atom. The van der Waals surface area contributed by atoms with Crippen molar-refractivity contribution in [2.24, 2.45) is 0 Å². The van der Waals surface area contributed by atoms with E-state index in [1.54, 1.807) is 0 Å². The lowest BCUT2D eigenvalue weighted by molar-refractivity contribution is 0.477. The van der Waals surface area contributed by atoms with Gasteiger partial charge in [-0.2, -0.15) is 0 Å². The first-order valence-corrected chi connectivity index (χ1v) is 8.91. The Hall–Kier alpha value is -3.32. The molecule has 1 nitrogen and oxygen atoms in total. The Morgan fingerprint density at radius 3 is 1.81 bits per heavy atom. The van der Waals surface area contributed by atoms with Gasteiger partial charge in [0, 0.05) is 11.1 Å². The van der Waals surface area contributed by atoms with Gasteiger partial charge in [-0.05, 0) is 45.9 Å². The third kappa shape index (κ3) is 2.25. The van der Waals surface area contributed by atoms with Gasteiger partial charge in [-0.25, -0.2) is 0 Å². The van der Waals surface area contributed by atoms with Gasteiger partial charge in [-0.1, -0.05) is 84.9 Å². The zero-order chi connectivity index (χ0) is 17.5. The summed E-state index contributed by atoms with van der Waals surface area (Å²) < 4.78 is 0. The number of phenolic OH excluding ortho intramolecular Hbond substituents is 1. The second kappa shape index (κ2) is 5.89. The van der Waals surface area contributed by atoms with Crippen molar-refractivity contribution in [2.75, 3.05) is 0 Å². The van der Waals surface area contributed by atoms with E-state index in [1.807, 2.05) is 30.3 Å². The third-order valence-corrected chi connectivity index (χ3v) is 5.18. The van der Waals surface area contributed by atoms with E-state index >= 15 is 0 Å². The van der Waals surface area contributed by atoms with E-state index in [2.05, 4.69) is 60.7 Å². The summed E-state index contributed by atoms with van der Waals surface area (Å²) in [7, 11) is 0. The van der Waals surface area contributed by atoms with Gasteiger partial charge in [0.1, 0.15) is 5.75 Å². The molecule has 0 spiro atoms. The molecule has 0 saturated heterocycles. The van der Waals surface area contributed by atoms with E-state index in [-0.39, 0.29) is 0 Å². The number of hydrogen-bond acceptors (Lipinski definition) is 1. The van der Waals surface area contributed by atoms with Crippen molar-refractivity contribution in [1.29, 1.82) is 0 Å². The van der Waals surface area contributed by atoms with Gasteiger partial charge in [-0.3, -0.25) is 0 Å². The van der Waals surface area contributed by atoms with Crippen LogP contribution in [0.25, 0.3) is 33.4 Å². The van der Waals surface area contributed by atoms with Gasteiger partial charge < -0.3 is 5.11 Å². The molecule has 0 aliphatic heterocycles. The highest BCUT2D eigenvalue weighted by molar-refractivity contribution is 6.00. The first-order chi connectivity index (χ1) is 12.8. The lowest BCUT2D eigenvalue weighted by Gasteiger charge is -2.18. The Labute approximate surface area is 153 Å². The maximum atomic E-state index is 10.9. The minimum Gasteiger partial charge on any atom is -0.507 e. The number of fused-ring (bicyclic) bond motifs is 3. The molecule has 0 aromatic heterocycles. The standard InChI is InChI=1S/C25H18O/c26-22-16-20-15-19-13-7-8-14-21(19)23(20)25(18-11-5-2-6-12-18)24(22)17-9-3-1-4-10-17/h1-14,16,26H,15H2. The Balaban J connectivity index is 1.91. The van der Waals surface area contributed by atoms with Gasteiger partial charge in [0.15, 0.2) is 0 Å². The fraction of sp³-hybridized carbons (Fsp3) is 0.0400. The minimum atomic E-state index is 0.349. The number of aromatic hydroxyl groups is 1. The quantitative estimate of drug-likeness (QED) is 0.402. The lowest BCUT2D eigenvalue weighted by atomic mass is 9.86. The molecule has 0 amide bonds. The Kier molecular flexibility index (Phi) is 3.39. The van der Waals surface area contributed by atoms with E-state index < -0.39 is 0 Å². The molecule has 1 aliphatic rings. The van der Waals surface area contributed by atoms with Gasteiger partial charge >= 0.3 is 0 Å². The number of rotatable bonds is 2. The zero-order valence-corrected chi connectivity index (χ0v) is 14.3. The molecule has 4 aromatic carbocycles. The molecule has 124 valence electrons. The molecular formula is C25H18O. The number of benzene rings is 4. The lowest BCUT2D eigenvalue weighted by Crippen LogP contribution is -1.92. The molecule has 0 heterocycles. The third-order valence-electron chi connectivity index (χ3n) is 5.18. The van der Waals surface area contributed by atoms with E-state index in [9.17, 15) is 5.11 Å². The summed E-state index contributed by atoms with van der Waals surface area (Å²) in [4.78, 5) is 0. The SMILES string of the molecule is Oc1cc2c(c(-c3ccccc3)c1-c1ccccc1)-c1ccccc1C2. The van der Waals surface area contributed by atoms with Gasteiger partial charge in [-0.15, -0.1) is 0 Å². The summed E-state index contributed by atoms with van der Waals surface area (Å²) in [6, 6.07) is 31.1. The molecule has 0 saturated carbocycles. The largest absolute Gasteiger partial charge is 0.507 e. The van der Waals surface area contributed by atoms with Crippen LogP contribution in [0.2, 0.25) is 0 Å². The molecule has 4 aromatic rings. The average Bonchev–Trinajstić information content (AvgIpc) is 3.06. The zero-order valence-electron chi connectivity index (χ0n) is 14.3. The molecule has 5 rings (SSSR count). The summed E-state index contributed by atoms with van der Waals surface area (Å²) >= 11 is 0. The maximum Gasteiger partial charge on any atom is 0.124 e. The van der Waals surface area contributed by atoms with E-state index in [1.165, 1.54) is 22.3 Å². The molecule has 1 aliphatic carbocycles. The second-order valence-electron chi connectivity index (χ2n) is 6.75. The molecule has 0 bridgehead atoms. The normalized spacial score (nSPS) is 11.8. The average molecular weight is 334 g/mol. The molecule has 26 heavy (non-hydrogen) atoms. The molecule has 0 unspecified atom stereocenters. The fourth-order valence-corrected chi connectivity index (χ4v) is 4.08. The van der Waals surface area contributed by atoms with E-state index in [0.29, 0.717) is 5.75 Å². The molecule has 1 heteroatoms. The van der Waals surface area contributed by atoms with Gasteiger partial charge in [0.25, 0.3) is 0 Å². The van der Waals surface area contributed by atoms with Crippen LogP contribution in [0.3, 0.4) is 0 Å². The van der Waals surface area contributed by atoms with E-state index in [0.717, 1.165) is 28.7 Å². The van der Waals surface area contributed by atoms with Crippen molar-refractivity contribution in [2.45, 2.75) is 6.42 Å². The summed E-state index contributed by atoms with van der Waals surface area (Å²) in [5.41, 5.74) is 9.25. The summed E-state index contributed by atoms with van der Waals surface area (Å²) in [6.45, 7) is 0. The van der Waals surface area contributed by atoms with Crippen LogP contribution >= 0.6 is 0 Å². The van der Waals surface area contributed by atoms with E-state index in [4.69, 9.17) is 0 Å². The fourth-order valence-electron chi connectivity index (χ4n) is 4.08. The maximum absolute atomic E-state index is 10.9. The highest BCUT2D eigenvalue weighted by atomic mass is 16.3. The summed E-state index contributed by atoms with van der Waals surface area (Å²) in [5, 5.41) is 10.9. The summed E-state index contributed by atoms with van der Waals surface area (Å²) in [5.74, 6) is 0.349. The number of phenols is 1. The van der Waals surface area contributed by atoms with Crippen LogP contribution in [0.4, 0.5) is 0 Å². The van der Waals surface area contributed by atoms with Crippen LogP contribution < -0.4 is 0 Å². The van der Waals surface area contributed by atoms with Crippen LogP contribution in [0, 0.1) is 0 Å². The molecule has 0 atom stereocenters. The van der Waals surface area contributed by atoms with Crippen molar-refractivity contribution < 1.29 is 5.11 Å². The Morgan fingerprint density at radius 2 is 1.12 bits per heavy atom. The molecular weight excluding hydrogens is 316 g/mol. The van der Waals surface area contributed by atoms with Crippen LogP contribution in [0.5, 0.6) is 5.75 Å². The molecule has 1 N–H and O–H groups in total. The first kappa shape index (κ1) is 15.0. The van der Waals surface area contributed by atoms with Crippen LogP contribution in [-0.2, 0) is 6.42 Å². The topological polar surface area (TPSA) is 20.2 Å². The second-order valence-corrected chi connectivity index (χ2v) is 6.75. The van der Waals surface area contributed by atoms with Crippen molar-refractivity contribution in [3.05, 3.63) is 102 Å². The van der Waals surface area contributed by atoms with Crippen molar-refractivity contribution in [3.8, 4) is 39.1 Å². The van der Waals surface area contributed by atoms with Crippen molar-refractivity contribution in [1.82, 2.24) is 0 Å². The van der Waals surface area contributed by atoms with Crippen molar-refractivity contribution in [3.63, 3.8) is 0 Å². The molecule has 0 fully saturated rings. The van der Waals surface area contributed by atoms with Crippen LogP contribution in [0.1, 0.15) is 11.1 Å². The highest BCUT2D eigenvalue weighted by Gasteiger charge is 2.26. The number of hydrogen-bond donors (Lipinski definition) is 1. The van der Waals surface area contributed by atoms with Gasteiger partial charge in [0.2, 0.25) is 0 Å². The van der Waals surface area contributed by atoms with Gasteiger partial charge in [0.05, 0.1) is 0 Å². The predicted octanol–water partition coefficient (Wildman–Crippen LogP) is 6.30. The monoisotopic (exact) mass is 334 g/mol. The van der Waals surface area contributed by atoms with Crippen LogP contribution in [0.15, 0.2) is 91.0 Å².